The average Bonchev–Trinajstić information content (AvgIpc) is 3.02. The summed E-state index contributed by atoms with van der Waals surface area (Å²) < 4.78 is 2.21. The molecule has 4 rings (SSSR count). The molecular weight excluding hydrogens is 302 g/mol. The number of nitrogens with two attached hydrogens (primary N) is 1. The summed E-state index contributed by atoms with van der Waals surface area (Å²) in [4.78, 5) is 13.6. The number of rotatable bonds is 4. The SMILES string of the molecule is NCC[C@H]1CC[C@H](n2c(CO)nc3cnc4cccnc4c32)CC1. The number of fused-ring (bicyclic) bond motifs is 3. The van der Waals surface area contributed by atoms with E-state index in [0.29, 0.717) is 11.9 Å². The van der Waals surface area contributed by atoms with Crippen molar-refractivity contribution in [1.29, 1.82) is 0 Å². The first-order valence-corrected chi connectivity index (χ1v) is 8.73. The highest BCUT2D eigenvalue weighted by Crippen LogP contribution is 2.37. The van der Waals surface area contributed by atoms with Gasteiger partial charge in [-0.05, 0) is 56.7 Å². The molecule has 0 amide bonds. The van der Waals surface area contributed by atoms with E-state index in [1.165, 1.54) is 12.8 Å². The third kappa shape index (κ3) is 2.56. The van der Waals surface area contributed by atoms with E-state index in [2.05, 4.69) is 19.5 Å². The van der Waals surface area contributed by atoms with Crippen LogP contribution in [0.25, 0.3) is 22.1 Å². The molecule has 1 aliphatic carbocycles. The lowest BCUT2D eigenvalue weighted by Gasteiger charge is -2.30. The summed E-state index contributed by atoms with van der Waals surface area (Å²) in [5.41, 5.74) is 9.26. The molecule has 3 heterocycles. The molecule has 3 aromatic rings. The van der Waals surface area contributed by atoms with E-state index in [1.54, 1.807) is 12.4 Å². The number of aliphatic hydroxyl groups excluding tert-OH is 1. The van der Waals surface area contributed by atoms with Gasteiger partial charge in [0.25, 0.3) is 0 Å². The highest BCUT2D eigenvalue weighted by molar-refractivity contribution is 5.99. The monoisotopic (exact) mass is 325 g/mol. The van der Waals surface area contributed by atoms with Crippen LogP contribution >= 0.6 is 0 Å². The number of nitrogens with zero attached hydrogens (tertiary/aromatic N) is 4. The van der Waals surface area contributed by atoms with Crippen molar-refractivity contribution in [3.63, 3.8) is 0 Å². The van der Waals surface area contributed by atoms with Gasteiger partial charge in [-0.3, -0.25) is 9.97 Å². The molecule has 0 bridgehead atoms. The maximum atomic E-state index is 9.82. The van der Waals surface area contributed by atoms with Crippen LogP contribution in [0.2, 0.25) is 0 Å². The highest BCUT2D eigenvalue weighted by atomic mass is 16.3. The predicted molar refractivity (Wildman–Crippen MR) is 93.4 cm³/mol. The smallest absolute Gasteiger partial charge is 0.136 e. The summed E-state index contributed by atoms with van der Waals surface area (Å²) in [6.07, 6.45) is 9.25. The molecule has 3 N–H and O–H groups in total. The zero-order valence-corrected chi connectivity index (χ0v) is 13.7. The van der Waals surface area contributed by atoms with Crippen molar-refractivity contribution in [3.8, 4) is 0 Å². The standard InChI is InChI=1S/C18H23N5O/c19-8-7-12-3-5-13(6-4-12)23-16(11-24)22-15-10-21-14-2-1-9-20-17(14)18(15)23/h1-2,9-10,12-13,24H,3-8,11,19H2/t12-,13-. The quantitative estimate of drug-likeness (QED) is 0.769. The molecule has 0 spiro atoms. The zero-order chi connectivity index (χ0) is 16.5. The van der Waals surface area contributed by atoms with Crippen molar-refractivity contribution in [2.45, 2.75) is 44.8 Å². The summed E-state index contributed by atoms with van der Waals surface area (Å²) in [6, 6.07) is 4.22. The van der Waals surface area contributed by atoms with Crippen molar-refractivity contribution in [2.24, 2.45) is 11.7 Å². The Labute approximate surface area is 140 Å². The minimum absolute atomic E-state index is 0.0638. The molecule has 1 fully saturated rings. The molecule has 1 aliphatic rings. The van der Waals surface area contributed by atoms with Crippen molar-refractivity contribution < 1.29 is 5.11 Å². The van der Waals surface area contributed by atoms with E-state index >= 15 is 0 Å². The first-order valence-electron chi connectivity index (χ1n) is 8.73. The maximum absolute atomic E-state index is 9.82. The Morgan fingerprint density at radius 2 is 2.00 bits per heavy atom. The van der Waals surface area contributed by atoms with Gasteiger partial charge in [0.1, 0.15) is 23.5 Å². The molecule has 0 atom stereocenters. The van der Waals surface area contributed by atoms with Gasteiger partial charge in [0.2, 0.25) is 0 Å². The van der Waals surface area contributed by atoms with Crippen LogP contribution < -0.4 is 5.73 Å². The predicted octanol–water partition coefficient (Wildman–Crippen LogP) is 2.55. The number of aromatic nitrogens is 4. The van der Waals surface area contributed by atoms with Crippen LogP contribution in [0.5, 0.6) is 0 Å². The second-order valence-corrected chi connectivity index (χ2v) is 6.67. The Hall–Kier alpha value is -2.05. The van der Waals surface area contributed by atoms with Crippen LogP contribution in [0.15, 0.2) is 24.5 Å². The topological polar surface area (TPSA) is 89.8 Å². The largest absolute Gasteiger partial charge is 0.388 e. The fraction of sp³-hybridized carbons (Fsp3) is 0.500. The number of hydrogen-bond donors (Lipinski definition) is 2. The Balaban J connectivity index is 1.80. The van der Waals surface area contributed by atoms with E-state index in [4.69, 9.17) is 5.73 Å². The minimum atomic E-state index is -0.0638. The van der Waals surface area contributed by atoms with E-state index in [1.807, 2.05) is 12.1 Å². The number of pyridine rings is 2. The molecule has 1 saturated carbocycles. The van der Waals surface area contributed by atoms with Gasteiger partial charge in [0.05, 0.1) is 17.2 Å². The summed E-state index contributed by atoms with van der Waals surface area (Å²) in [5.74, 6) is 1.45. The van der Waals surface area contributed by atoms with Gasteiger partial charge in [0.15, 0.2) is 0 Å². The van der Waals surface area contributed by atoms with E-state index in [0.717, 1.165) is 53.8 Å². The lowest BCUT2D eigenvalue weighted by molar-refractivity contribution is 0.235. The number of aliphatic hydroxyl groups is 1. The van der Waals surface area contributed by atoms with Crippen molar-refractivity contribution in [1.82, 2.24) is 19.5 Å². The molecule has 6 nitrogen and oxygen atoms in total. The summed E-state index contributed by atoms with van der Waals surface area (Å²) in [5, 5.41) is 9.82. The normalized spacial score (nSPS) is 21.6. The highest BCUT2D eigenvalue weighted by Gasteiger charge is 2.26. The van der Waals surface area contributed by atoms with Gasteiger partial charge < -0.3 is 15.4 Å². The molecule has 24 heavy (non-hydrogen) atoms. The fourth-order valence-corrected chi connectivity index (χ4v) is 4.07. The third-order valence-corrected chi connectivity index (χ3v) is 5.25. The van der Waals surface area contributed by atoms with E-state index in [-0.39, 0.29) is 6.61 Å². The second kappa shape index (κ2) is 6.45. The average molecular weight is 325 g/mol. The first-order chi connectivity index (χ1) is 11.8. The lowest BCUT2D eigenvalue weighted by atomic mass is 9.84. The van der Waals surface area contributed by atoms with Crippen molar-refractivity contribution in [3.05, 3.63) is 30.4 Å². The second-order valence-electron chi connectivity index (χ2n) is 6.67. The van der Waals surface area contributed by atoms with Crippen LogP contribution in [0, 0.1) is 5.92 Å². The summed E-state index contributed by atoms with van der Waals surface area (Å²) in [6.45, 7) is 0.706. The van der Waals surface area contributed by atoms with Crippen LogP contribution in [0.4, 0.5) is 0 Å². The Bertz CT molecular complexity index is 851. The maximum Gasteiger partial charge on any atom is 0.136 e. The first kappa shape index (κ1) is 15.5. The molecule has 0 aliphatic heterocycles. The fourth-order valence-electron chi connectivity index (χ4n) is 4.07. The Morgan fingerprint density at radius 1 is 1.17 bits per heavy atom. The molecule has 126 valence electrons. The molecule has 0 unspecified atom stereocenters. The van der Waals surface area contributed by atoms with Crippen LogP contribution in [0.1, 0.15) is 44.0 Å². The van der Waals surface area contributed by atoms with Gasteiger partial charge in [-0.25, -0.2) is 4.98 Å². The van der Waals surface area contributed by atoms with E-state index < -0.39 is 0 Å². The van der Waals surface area contributed by atoms with Crippen LogP contribution in [-0.4, -0.2) is 31.2 Å². The Kier molecular flexibility index (Phi) is 4.16. The van der Waals surface area contributed by atoms with E-state index in [9.17, 15) is 5.11 Å². The minimum Gasteiger partial charge on any atom is -0.388 e. The summed E-state index contributed by atoms with van der Waals surface area (Å²) in [7, 11) is 0. The molecule has 0 saturated heterocycles. The van der Waals surface area contributed by atoms with Gasteiger partial charge in [-0.2, -0.15) is 0 Å². The number of hydrogen-bond acceptors (Lipinski definition) is 5. The molecule has 6 heteroatoms. The molecular formula is C18H23N5O. The van der Waals surface area contributed by atoms with Gasteiger partial charge >= 0.3 is 0 Å². The van der Waals surface area contributed by atoms with Gasteiger partial charge in [-0.1, -0.05) is 0 Å². The third-order valence-electron chi connectivity index (χ3n) is 5.25. The molecule has 0 radical (unpaired) electrons. The van der Waals surface area contributed by atoms with Crippen LogP contribution in [-0.2, 0) is 6.61 Å². The lowest BCUT2D eigenvalue weighted by Crippen LogP contribution is -2.21. The zero-order valence-electron chi connectivity index (χ0n) is 13.7. The Morgan fingerprint density at radius 3 is 2.75 bits per heavy atom. The van der Waals surface area contributed by atoms with Crippen molar-refractivity contribution >= 4 is 22.1 Å². The summed E-state index contributed by atoms with van der Waals surface area (Å²) >= 11 is 0. The van der Waals surface area contributed by atoms with Crippen LogP contribution in [0.3, 0.4) is 0 Å². The van der Waals surface area contributed by atoms with Crippen molar-refractivity contribution in [2.75, 3.05) is 6.54 Å². The molecule has 3 aromatic heterocycles. The van der Waals surface area contributed by atoms with Gasteiger partial charge in [-0.15, -0.1) is 0 Å². The molecule has 0 aromatic carbocycles. The van der Waals surface area contributed by atoms with Gasteiger partial charge in [0, 0.05) is 12.2 Å². The number of imidazole rings is 1.